The van der Waals surface area contributed by atoms with Gasteiger partial charge < -0.3 is 14.8 Å². The molecule has 0 heterocycles. The molecular weight excluding hydrogens is 394 g/mol. The van der Waals surface area contributed by atoms with Crippen LogP contribution in [0.15, 0.2) is 53.0 Å². The van der Waals surface area contributed by atoms with Crippen LogP contribution in [0.2, 0.25) is 5.02 Å². The predicted octanol–water partition coefficient (Wildman–Crippen LogP) is 4.46. The van der Waals surface area contributed by atoms with Crippen LogP contribution in [0.4, 0.5) is 0 Å². The van der Waals surface area contributed by atoms with E-state index in [1.54, 1.807) is 12.1 Å². The fraction of sp³-hybridized carbons (Fsp3) is 0.278. The summed E-state index contributed by atoms with van der Waals surface area (Å²) in [5.41, 5.74) is 0. The molecule has 128 valence electrons. The van der Waals surface area contributed by atoms with Gasteiger partial charge in [0, 0.05) is 16.0 Å². The van der Waals surface area contributed by atoms with Gasteiger partial charge in [0.15, 0.2) is 6.61 Å². The first kappa shape index (κ1) is 18.6. The van der Waals surface area contributed by atoms with E-state index < -0.39 is 0 Å². The van der Waals surface area contributed by atoms with Gasteiger partial charge in [-0.3, -0.25) is 4.79 Å². The molecular formula is C18H19BrClNO3. The van der Waals surface area contributed by atoms with E-state index in [-0.39, 0.29) is 12.5 Å². The molecule has 2 aromatic carbocycles. The minimum absolute atomic E-state index is 0.0168. The topological polar surface area (TPSA) is 47.6 Å². The number of nitrogens with one attached hydrogen (secondary N) is 1. The van der Waals surface area contributed by atoms with Gasteiger partial charge in [0.05, 0.1) is 6.61 Å². The Labute approximate surface area is 155 Å². The minimum Gasteiger partial charge on any atom is -0.494 e. The highest BCUT2D eigenvalue weighted by Gasteiger charge is 2.02. The summed E-state index contributed by atoms with van der Waals surface area (Å²) in [6.45, 7) is 1.22. The maximum atomic E-state index is 11.7. The molecule has 0 saturated carbocycles. The molecule has 0 spiro atoms. The number of hydrogen-bond acceptors (Lipinski definition) is 3. The predicted molar refractivity (Wildman–Crippen MR) is 98.8 cm³/mol. The third-order valence-electron chi connectivity index (χ3n) is 3.16. The van der Waals surface area contributed by atoms with Gasteiger partial charge in [-0.2, -0.15) is 0 Å². The van der Waals surface area contributed by atoms with Crippen molar-refractivity contribution >= 4 is 33.4 Å². The molecule has 0 aliphatic carbocycles. The first-order chi connectivity index (χ1) is 11.6. The van der Waals surface area contributed by atoms with Crippen LogP contribution in [-0.4, -0.2) is 25.7 Å². The highest BCUT2D eigenvalue weighted by molar-refractivity contribution is 9.10. The second-order valence-corrected chi connectivity index (χ2v) is 6.45. The summed E-state index contributed by atoms with van der Waals surface area (Å²) in [4.78, 5) is 11.7. The van der Waals surface area contributed by atoms with Crippen molar-refractivity contribution in [2.75, 3.05) is 19.8 Å². The molecule has 0 unspecified atom stereocenters. The molecule has 0 aliphatic rings. The van der Waals surface area contributed by atoms with Gasteiger partial charge in [-0.15, -0.1) is 0 Å². The quantitative estimate of drug-likeness (QED) is 0.619. The van der Waals surface area contributed by atoms with Crippen molar-refractivity contribution < 1.29 is 14.3 Å². The number of carbonyl (C=O) groups is 1. The lowest BCUT2D eigenvalue weighted by atomic mass is 10.3. The molecule has 0 fully saturated rings. The van der Waals surface area contributed by atoms with Gasteiger partial charge in [-0.25, -0.2) is 0 Å². The number of unbranched alkanes of at least 4 members (excludes halogenated alkanes) is 1. The van der Waals surface area contributed by atoms with Crippen LogP contribution in [0.1, 0.15) is 12.8 Å². The summed E-state index contributed by atoms with van der Waals surface area (Å²) < 4.78 is 12.0. The van der Waals surface area contributed by atoms with E-state index in [9.17, 15) is 4.79 Å². The molecule has 2 rings (SSSR count). The van der Waals surface area contributed by atoms with E-state index in [4.69, 9.17) is 21.1 Å². The van der Waals surface area contributed by atoms with Gasteiger partial charge in [-0.05, 0) is 61.4 Å². The molecule has 0 radical (unpaired) electrons. The van der Waals surface area contributed by atoms with Gasteiger partial charge in [0.2, 0.25) is 0 Å². The zero-order valence-corrected chi connectivity index (χ0v) is 15.5. The fourth-order valence-corrected chi connectivity index (χ4v) is 2.30. The number of ether oxygens (including phenoxy) is 2. The number of rotatable bonds is 9. The average molecular weight is 413 g/mol. The Kier molecular flexibility index (Phi) is 7.92. The fourth-order valence-electron chi connectivity index (χ4n) is 1.91. The van der Waals surface area contributed by atoms with Gasteiger partial charge in [-0.1, -0.05) is 27.5 Å². The lowest BCUT2D eigenvalue weighted by Crippen LogP contribution is -2.29. The van der Waals surface area contributed by atoms with Crippen molar-refractivity contribution in [3.63, 3.8) is 0 Å². The Balaban J connectivity index is 1.51. The third kappa shape index (κ3) is 7.23. The molecule has 0 aromatic heterocycles. The lowest BCUT2D eigenvalue weighted by Gasteiger charge is -2.08. The van der Waals surface area contributed by atoms with Crippen LogP contribution < -0.4 is 14.8 Å². The Hall–Kier alpha value is -1.72. The molecule has 1 amide bonds. The number of amides is 1. The van der Waals surface area contributed by atoms with E-state index in [0.29, 0.717) is 23.9 Å². The van der Waals surface area contributed by atoms with E-state index in [2.05, 4.69) is 21.2 Å². The largest absolute Gasteiger partial charge is 0.494 e. The summed E-state index contributed by atoms with van der Waals surface area (Å²) >= 11 is 9.15. The highest BCUT2D eigenvalue weighted by Crippen LogP contribution is 2.16. The van der Waals surface area contributed by atoms with Crippen molar-refractivity contribution in [1.29, 1.82) is 0 Å². The number of halogens is 2. The molecule has 0 saturated heterocycles. The molecule has 2 aromatic rings. The third-order valence-corrected chi connectivity index (χ3v) is 3.94. The first-order valence-corrected chi connectivity index (χ1v) is 8.84. The zero-order chi connectivity index (χ0) is 17.2. The Morgan fingerprint density at radius 1 is 0.958 bits per heavy atom. The molecule has 0 bridgehead atoms. The molecule has 0 atom stereocenters. The Morgan fingerprint density at radius 2 is 1.58 bits per heavy atom. The van der Waals surface area contributed by atoms with Crippen LogP contribution in [-0.2, 0) is 4.79 Å². The van der Waals surface area contributed by atoms with E-state index in [1.165, 1.54) is 0 Å². The second kappa shape index (κ2) is 10.2. The van der Waals surface area contributed by atoms with Gasteiger partial charge in [0.1, 0.15) is 11.5 Å². The van der Waals surface area contributed by atoms with E-state index in [1.807, 2.05) is 36.4 Å². The van der Waals surface area contributed by atoms with Crippen LogP contribution >= 0.6 is 27.5 Å². The monoisotopic (exact) mass is 411 g/mol. The molecule has 24 heavy (non-hydrogen) atoms. The van der Waals surface area contributed by atoms with Crippen molar-refractivity contribution in [3.8, 4) is 11.5 Å². The Bertz CT molecular complexity index is 632. The maximum Gasteiger partial charge on any atom is 0.257 e. The minimum atomic E-state index is -0.128. The highest BCUT2D eigenvalue weighted by atomic mass is 79.9. The lowest BCUT2D eigenvalue weighted by molar-refractivity contribution is -0.123. The van der Waals surface area contributed by atoms with Crippen molar-refractivity contribution in [1.82, 2.24) is 5.32 Å². The zero-order valence-electron chi connectivity index (χ0n) is 13.1. The second-order valence-electron chi connectivity index (χ2n) is 5.10. The normalized spacial score (nSPS) is 10.2. The number of hydrogen-bond donors (Lipinski definition) is 1. The van der Waals surface area contributed by atoms with Crippen molar-refractivity contribution in [2.24, 2.45) is 0 Å². The average Bonchev–Trinajstić information content (AvgIpc) is 2.59. The summed E-state index contributed by atoms with van der Waals surface area (Å²) in [5.74, 6) is 1.34. The van der Waals surface area contributed by atoms with E-state index in [0.717, 1.165) is 23.1 Å². The number of carbonyl (C=O) groups excluding carboxylic acids is 1. The van der Waals surface area contributed by atoms with Crippen LogP contribution in [0, 0.1) is 0 Å². The van der Waals surface area contributed by atoms with E-state index >= 15 is 0 Å². The van der Waals surface area contributed by atoms with Crippen LogP contribution in [0.5, 0.6) is 11.5 Å². The summed E-state index contributed by atoms with van der Waals surface area (Å²) in [5, 5.41) is 3.51. The van der Waals surface area contributed by atoms with Gasteiger partial charge in [0.25, 0.3) is 5.91 Å². The summed E-state index contributed by atoms with van der Waals surface area (Å²) in [6.07, 6.45) is 1.70. The summed E-state index contributed by atoms with van der Waals surface area (Å²) in [6, 6.07) is 14.6. The smallest absolute Gasteiger partial charge is 0.257 e. The molecule has 1 N–H and O–H groups in total. The molecule has 0 aliphatic heterocycles. The molecule has 4 nitrogen and oxygen atoms in total. The van der Waals surface area contributed by atoms with Gasteiger partial charge >= 0.3 is 0 Å². The molecule has 6 heteroatoms. The Morgan fingerprint density at radius 3 is 2.29 bits per heavy atom. The standard InChI is InChI=1S/C18H19BrClNO3/c19-14-3-7-17(8-4-14)24-13-18(22)21-11-1-2-12-23-16-9-5-15(20)6-10-16/h3-10H,1-2,11-13H2,(H,21,22). The number of benzene rings is 2. The van der Waals surface area contributed by atoms with Crippen LogP contribution in [0.25, 0.3) is 0 Å². The SMILES string of the molecule is O=C(COc1ccc(Br)cc1)NCCCCOc1ccc(Cl)cc1. The van der Waals surface area contributed by atoms with Crippen LogP contribution in [0.3, 0.4) is 0 Å². The van der Waals surface area contributed by atoms with Crippen molar-refractivity contribution in [2.45, 2.75) is 12.8 Å². The summed E-state index contributed by atoms with van der Waals surface area (Å²) in [7, 11) is 0. The van der Waals surface area contributed by atoms with Crippen molar-refractivity contribution in [3.05, 3.63) is 58.0 Å². The first-order valence-electron chi connectivity index (χ1n) is 7.67. The maximum absolute atomic E-state index is 11.7.